The fraction of sp³-hybridized carbons (Fsp3) is 0.720. The van der Waals surface area contributed by atoms with E-state index in [1.165, 1.54) is 62.7 Å². The van der Waals surface area contributed by atoms with Crippen molar-refractivity contribution in [3.05, 3.63) is 35.4 Å². The SMILES string of the molecule is Cc1ccccc1CCN1CCC(CN(C(=O)[C@H](C)N(C)C)C2CCCC2)CC1. The molecule has 29 heavy (non-hydrogen) atoms. The summed E-state index contributed by atoms with van der Waals surface area (Å²) in [5.74, 6) is 0.993. The molecule has 1 aliphatic carbocycles. The van der Waals surface area contributed by atoms with Crippen LogP contribution in [0.4, 0.5) is 0 Å². The summed E-state index contributed by atoms with van der Waals surface area (Å²) in [4.78, 5) is 20.1. The van der Waals surface area contributed by atoms with E-state index in [1.807, 2.05) is 14.1 Å². The standard InChI is InChI=1S/C25H41N3O/c1-20-9-5-6-10-23(20)15-18-27-16-13-22(14-17-27)19-28(24-11-7-8-12-24)25(29)21(2)26(3)4/h5-6,9-10,21-22,24H,7-8,11-19H2,1-4H3/t21-/m0/s1. The molecule has 2 fully saturated rings. The minimum atomic E-state index is -0.0233. The number of carbonyl (C=O) groups is 1. The number of nitrogens with zero attached hydrogens (tertiary/aromatic N) is 3. The molecule has 0 spiro atoms. The van der Waals surface area contributed by atoms with Gasteiger partial charge in [0, 0.05) is 19.1 Å². The van der Waals surface area contributed by atoms with E-state index in [1.54, 1.807) is 0 Å². The van der Waals surface area contributed by atoms with E-state index in [4.69, 9.17) is 0 Å². The highest BCUT2D eigenvalue weighted by atomic mass is 16.2. The van der Waals surface area contributed by atoms with Crippen molar-refractivity contribution in [1.29, 1.82) is 0 Å². The number of likely N-dealkylation sites (tertiary alicyclic amines) is 1. The van der Waals surface area contributed by atoms with Crippen LogP contribution < -0.4 is 0 Å². The monoisotopic (exact) mass is 399 g/mol. The largest absolute Gasteiger partial charge is 0.338 e. The fourth-order valence-corrected chi connectivity index (χ4v) is 4.94. The Morgan fingerprint density at radius 2 is 1.76 bits per heavy atom. The zero-order valence-corrected chi connectivity index (χ0v) is 19.1. The lowest BCUT2D eigenvalue weighted by Crippen LogP contribution is -2.51. The van der Waals surface area contributed by atoms with Crippen LogP contribution in [-0.4, -0.2) is 73.0 Å². The molecule has 1 aromatic rings. The van der Waals surface area contributed by atoms with Gasteiger partial charge in [-0.3, -0.25) is 9.69 Å². The predicted octanol–water partition coefficient (Wildman–Crippen LogP) is 3.97. The molecule has 1 amide bonds. The maximum absolute atomic E-state index is 13.2. The van der Waals surface area contributed by atoms with Crippen LogP contribution >= 0.6 is 0 Å². The van der Waals surface area contributed by atoms with Gasteiger partial charge in [0.1, 0.15) is 0 Å². The number of likely N-dealkylation sites (N-methyl/N-ethyl adjacent to an activating group) is 1. The van der Waals surface area contributed by atoms with Gasteiger partial charge in [0.15, 0.2) is 0 Å². The van der Waals surface area contributed by atoms with Crippen molar-refractivity contribution in [2.24, 2.45) is 5.92 Å². The maximum Gasteiger partial charge on any atom is 0.239 e. The Balaban J connectivity index is 1.50. The summed E-state index contributed by atoms with van der Waals surface area (Å²) >= 11 is 0. The molecule has 1 heterocycles. The molecule has 1 saturated carbocycles. The van der Waals surface area contributed by atoms with Crippen molar-refractivity contribution in [3.63, 3.8) is 0 Å². The zero-order chi connectivity index (χ0) is 20.8. The van der Waals surface area contributed by atoms with Gasteiger partial charge in [-0.2, -0.15) is 0 Å². The van der Waals surface area contributed by atoms with Gasteiger partial charge in [-0.25, -0.2) is 0 Å². The second kappa shape index (κ2) is 10.6. The van der Waals surface area contributed by atoms with Gasteiger partial charge in [0.05, 0.1) is 6.04 Å². The first-order valence-corrected chi connectivity index (χ1v) is 11.7. The molecule has 1 saturated heterocycles. The summed E-state index contributed by atoms with van der Waals surface area (Å²) in [6, 6.07) is 9.20. The molecule has 0 aromatic heterocycles. The van der Waals surface area contributed by atoms with Crippen molar-refractivity contribution < 1.29 is 4.79 Å². The van der Waals surface area contributed by atoms with E-state index in [9.17, 15) is 4.79 Å². The van der Waals surface area contributed by atoms with Crippen LogP contribution in [0.1, 0.15) is 56.6 Å². The molecule has 0 N–H and O–H groups in total. The van der Waals surface area contributed by atoms with Gasteiger partial charge in [-0.05, 0) is 90.2 Å². The first kappa shape index (κ1) is 22.3. The number of hydrogen-bond acceptors (Lipinski definition) is 3. The van der Waals surface area contributed by atoms with Crippen molar-refractivity contribution in [1.82, 2.24) is 14.7 Å². The van der Waals surface area contributed by atoms with E-state index in [0.29, 0.717) is 17.9 Å². The quantitative estimate of drug-likeness (QED) is 0.662. The van der Waals surface area contributed by atoms with Crippen LogP contribution in [0.25, 0.3) is 0 Å². The molecule has 0 unspecified atom stereocenters. The Hall–Kier alpha value is -1.39. The van der Waals surface area contributed by atoms with E-state index in [0.717, 1.165) is 19.5 Å². The smallest absolute Gasteiger partial charge is 0.239 e. The number of aryl methyl sites for hydroxylation is 1. The fourth-order valence-electron chi connectivity index (χ4n) is 4.94. The first-order valence-electron chi connectivity index (χ1n) is 11.7. The molecule has 1 aromatic carbocycles. The first-order chi connectivity index (χ1) is 14.0. The highest BCUT2D eigenvalue weighted by molar-refractivity contribution is 5.81. The second-order valence-corrected chi connectivity index (χ2v) is 9.53. The van der Waals surface area contributed by atoms with Crippen LogP contribution in [0.3, 0.4) is 0 Å². The average molecular weight is 400 g/mol. The summed E-state index contributed by atoms with van der Waals surface area (Å²) < 4.78 is 0. The molecule has 1 aliphatic heterocycles. The molecule has 162 valence electrons. The number of amides is 1. The Bertz CT molecular complexity index is 645. The van der Waals surface area contributed by atoms with E-state index >= 15 is 0 Å². The van der Waals surface area contributed by atoms with Crippen LogP contribution in [-0.2, 0) is 11.2 Å². The van der Waals surface area contributed by atoms with Gasteiger partial charge in [0.2, 0.25) is 5.91 Å². The number of carbonyl (C=O) groups excluding carboxylic acids is 1. The van der Waals surface area contributed by atoms with Crippen molar-refractivity contribution in [3.8, 4) is 0 Å². The summed E-state index contributed by atoms with van der Waals surface area (Å²) in [6.07, 6.45) is 8.54. The second-order valence-electron chi connectivity index (χ2n) is 9.53. The Morgan fingerprint density at radius 1 is 1.10 bits per heavy atom. The predicted molar refractivity (Wildman–Crippen MR) is 121 cm³/mol. The molecule has 4 heteroatoms. The number of benzene rings is 1. The van der Waals surface area contributed by atoms with Crippen molar-refractivity contribution >= 4 is 5.91 Å². The van der Waals surface area contributed by atoms with Crippen LogP contribution in [0.2, 0.25) is 0 Å². The van der Waals surface area contributed by atoms with Crippen molar-refractivity contribution in [2.75, 3.05) is 40.3 Å². The Kier molecular flexibility index (Phi) is 8.14. The van der Waals surface area contributed by atoms with Crippen LogP contribution in [0.5, 0.6) is 0 Å². The molecule has 2 aliphatic rings. The summed E-state index contributed by atoms with van der Waals surface area (Å²) in [5.41, 5.74) is 2.88. The minimum absolute atomic E-state index is 0.0233. The molecule has 0 bridgehead atoms. The molecule has 1 atom stereocenters. The van der Waals surface area contributed by atoms with Crippen LogP contribution in [0, 0.1) is 12.8 Å². The van der Waals surface area contributed by atoms with Crippen molar-refractivity contribution in [2.45, 2.75) is 70.9 Å². The lowest BCUT2D eigenvalue weighted by molar-refractivity contribution is -0.138. The van der Waals surface area contributed by atoms with E-state index in [-0.39, 0.29) is 6.04 Å². The van der Waals surface area contributed by atoms with Gasteiger partial charge in [-0.15, -0.1) is 0 Å². The number of rotatable bonds is 8. The third-order valence-electron chi connectivity index (χ3n) is 7.30. The highest BCUT2D eigenvalue weighted by Crippen LogP contribution is 2.28. The lowest BCUT2D eigenvalue weighted by Gasteiger charge is -2.39. The normalized spacial score (nSPS) is 20.3. The number of hydrogen-bond donors (Lipinski definition) is 0. The Morgan fingerprint density at radius 3 is 2.38 bits per heavy atom. The van der Waals surface area contributed by atoms with Crippen LogP contribution in [0.15, 0.2) is 24.3 Å². The summed E-state index contributed by atoms with van der Waals surface area (Å²) in [7, 11) is 4.03. The van der Waals surface area contributed by atoms with Gasteiger partial charge in [-0.1, -0.05) is 37.1 Å². The molecule has 0 radical (unpaired) electrons. The highest BCUT2D eigenvalue weighted by Gasteiger charge is 2.32. The van der Waals surface area contributed by atoms with Gasteiger partial charge >= 0.3 is 0 Å². The average Bonchev–Trinajstić information content (AvgIpc) is 3.25. The maximum atomic E-state index is 13.2. The topological polar surface area (TPSA) is 26.8 Å². The van der Waals surface area contributed by atoms with Gasteiger partial charge < -0.3 is 9.80 Å². The molecular weight excluding hydrogens is 358 g/mol. The van der Waals surface area contributed by atoms with Gasteiger partial charge in [0.25, 0.3) is 0 Å². The minimum Gasteiger partial charge on any atom is -0.338 e. The lowest BCUT2D eigenvalue weighted by atomic mass is 9.94. The summed E-state index contributed by atoms with van der Waals surface area (Å²) in [5, 5.41) is 0. The third kappa shape index (κ3) is 6.05. The molecule has 3 rings (SSSR count). The Labute approximate surface area is 178 Å². The zero-order valence-electron chi connectivity index (χ0n) is 19.1. The third-order valence-corrected chi connectivity index (χ3v) is 7.30. The summed E-state index contributed by atoms with van der Waals surface area (Å²) in [6.45, 7) is 8.73. The van der Waals surface area contributed by atoms with E-state index in [2.05, 4.69) is 52.8 Å². The molecular formula is C25H41N3O. The van der Waals surface area contributed by atoms with E-state index < -0.39 is 0 Å². The number of piperidine rings is 1. The molecule has 4 nitrogen and oxygen atoms in total.